The molecule has 0 aliphatic heterocycles. The Kier molecular flexibility index (Phi) is 4.88. The Hall–Kier alpha value is -1.85. The SMILES string of the molecule is NC(=O)c1ccccc1/N=C\C(Cl)=C(/Cl)C(=O)O. The molecule has 0 saturated carbocycles. The first-order valence-electron chi connectivity index (χ1n) is 4.65. The van der Waals surface area contributed by atoms with E-state index in [4.69, 9.17) is 34.0 Å². The smallest absolute Gasteiger partial charge is 0.348 e. The number of carbonyl (C=O) groups excluding carboxylic acids is 1. The van der Waals surface area contributed by atoms with Crippen LogP contribution < -0.4 is 5.73 Å². The zero-order chi connectivity index (χ0) is 13.7. The van der Waals surface area contributed by atoms with Crippen molar-refractivity contribution < 1.29 is 14.7 Å². The Morgan fingerprint density at radius 1 is 1.28 bits per heavy atom. The predicted molar refractivity (Wildman–Crippen MR) is 69.5 cm³/mol. The van der Waals surface area contributed by atoms with Crippen molar-refractivity contribution in [3.63, 3.8) is 0 Å². The molecule has 0 bridgehead atoms. The molecular weight excluding hydrogens is 279 g/mol. The number of amides is 1. The average Bonchev–Trinajstić information content (AvgIpc) is 2.35. The maximum Gasteiger partial charge on any atom is 0.348 e. The van der Waals surface area contributed by atoms with Crippen LogP contribution in [0.15, 0.2) is 39.3 Å². The lowest BCUT2D eigenvalue weighted by molar-refractivity contribution is -0.131. The lowest BCUT2D eigenvalue weighted by atomic mass is 10.2. The van der Waals surface area contributed by atoms with E-state index in [1.807, 2.05) is 0 Å². The second-order valence-electron chi connectivity index (χ2n) is 3.11. The summed E-state index contributed by atoms with van der Waals surface area (Å²) in [5.41, 5.74) is 5.63. The van der Waals surface area contributed by atoms with Crippen LogP contribution in [0.2, 0.25) is 0 Å². The first-order chi connectivity index (χ1) is 8.43. The number of carbonyl (C=O) groups is 2. The van der Waals surface area contributed by atoms with Gasteiger partial charge in [-0.1, -0.05) is 35.3 Å². The van der Waals surface area contributed by atoms with Crippen LogP contribution in [0.3, 0.4) is 0 Å². The van der Waals surface area contributed by atoms with Crippen LogP contribution in [-0.4, -0.2) is 23.2 Å². The Bertz CT molecular complexity index is 553. The zero-order valence-electron chi connectivity index (χ0n) is 8.93. The molecule has 0 fully saturated rings. The number of aliphatic carboxylic acids is 1. The Labute approximate surface area is 113 Å². The molecule has 1 rings (SSSR count). The molecule has 0 aliphatic rings. The first-order valence-corrected chi connectivity index (χ1v) is 5.40. The molecule has 3 N–H and O–H groups in total. The lowest BCUT2D eigenvalue weighted by Gasteiger charge is -2.00. The van der Waals surface area contributed by atoms with E-state index in [1.165, 1.54) is 12.1 Å². The average molecular weight is 287 g/mol. The number of carboxylic acids is 1. The molecule has 0 spiro atoms. The van der Waals surface area contributed by atoms with Gasteiger partial charge in [0.15, 0.2) is 0 Å². The van der Waals surface area contributed by atoms with Gasteiger partial charge in [0.25, 0.3) is 5.91 Å². The number of allylic oxidation sites excluding steroid dienone is 1. The molecule has 94 valence electrons. The molecule has 0 atom stereocenters. The van der Waals surface area contributed by atoms with Crippen LogP contribution in [0.25, 0.3) is 0 Å². The Balaban J connectivity index is 3.09. The van der Waals surface area contributed by atoms with E-state index >= 15 is 0 Å². The van der Waals surface area contributed by atoms with Gasteiger partial charge in [0.1, 0.15) is 5.03 Å². The standard InChI is InChI=1S/C11H8Cl2N2O3/c12-7(9(13)11(17)18)5-15-8-4-2-1-3-6(8)10(14)16/h1-5H,(H2,14,16)(H,17,18)/b9-7+,15-5-. The molecule has 18 heavy (non-hydrogen) atoms. The molecule has 0 radical (unpaired) electrons. The minimum absolute atomic E-state index is 0.199. The summed E-state index contributed by atoms with van der Waals surface area (Å²) >= 11 is 11.0. The fraction of sp³-hybridized carbons (Fsp3) is 0. The fourth-order valence-electron chi connectivity index (χ4n) is 1.08. The summed E-state index contributed by atoms with van der Waals surface area (Å²) in [6.45, 7) is 0. The van der Waals surface area contributed by atoms with Crippen LogP contribution in [0, 0.1) is 0 Å². The quantitative estimate of drug-likeness (QED) is 0.657. The number of nitrogens with zero attached hydrogens (tertiary/aromatic N) is 1. The summed E-state index contributed by atoms with van der Waals surface area (Å²) in [6, 6.07) is 6.30. The number of aliphatic imine (C=N–C) groups is 1. The highest BCUT2D eigenvalue weighted by Crippen LogP contribution is 2.19. The minimum Gasteiger partial charge on any atom is -0.477 e. The second kappa shape index (κ2) is 6.18. The molecule has 0 aliphatic carbocycles. The molecule has 5 nitrogen and oxygen atoms in total. The lowest BCUT2D eigenvalue weighted by Crippen LogP contribution is -2.10. The van der Waals surface area contributed by atoms with Gasteiger partial charge in [-0.05, 0) is 12.1 Å². The van der Waals surface area contributed by atoms with Crippen LogP contribution in [0.4, 0.5) is 5.69 Å². The first kappa shape index (κ1) is 14.2. The summed E-state index contributed by atoms with van der Waals surface area (Å²) in [5, 5.41) is 7.78. The van der Waals surface area contributed by atoms with Crippen molar-refractivity contribution >= 4 is 47.0 Å². The number of rotatable bonds is 4. The van der Waals surface area contributed by atoms with E-state index in [0.29, 0.717) is 0 Å². The van der Waals surface area contributed by atoms with E-state index in [-0.39, 0.29) is 16.3 Å². The van der Waals surface area contributed by atoms with E-state index < -0.39 is 16.9 Å². The molecule has 1 amide bonds. The van der Waals surface area contributed by atoms with Gasteiger partial charge < -0.3 is 10.8 Å². The molecule has 7 heteroatoms. The Morgan fingerprint density at radius 3 is 2.44 bits per heavy atom. The van der Waals surface area contributed by atoms with Crippen molar-refractivity contribution in [1.82, 2.24) is 0 Å². The number of primary amides is 1. The van der Waals surface area contributed by atoms with Gasteiger partial charge in [0.2, 0.25) is 0 Å². The number of halogens is 2. The molecule has 0 unspecified atom stereocenters. The maximum atomic E-state index is 11.1. The molecular formula is C11H8Cl2N2O3. The Morgan fingerprint density at radius 2 is 1.89 bits per heavy atom. The highest BCUT2D eigenvalue weighted by molar-refractivity contribution is 6.51. The predicted octanol–water partition coefficient (Wildman–Crippen LogP) is 2.26. The van der Waals surface area contributed by atoms with Crippen LogP contribution in [-0.2, 0) is 4.79 Å². The molecule has 0 aromatic heterocycles. The van der Waals surface area contributed by atoms with E-state index in [0.717, 1.165) is 6.21 Å². The fourth-order valence-corrected chi connectivity index (χ4v) is 1.26. The van der Waals surface area contributed by atoms with Crippen LogP contribution >= 0.6 is 23.2 Å². The third-order valence-electron chi connectivity index (χ3n) is 1.88. The summed E-state index contributed by atoms with van der Waals surface area (Å²) in [4.78, 5) is 25.5. The van der Waals surface area contributed by atoms with Crippen molar-refractivity contribution in [3.8, 4) is 0 Å². The van der Waals surface area contributed by atoms with Gasteiger partial charge in [0, 0.05) is 6.21 Å². The maximum absolute atomic E-state index is 11.1. The summed E-state index contributed by atoms with van der Waals surface area (Å²) in [6.07, 6.45) is 1.04. The minimum atomic E-state index is -1.36. The van der Waals surface area contributed by atoms with Crippen LogP contribution in [0.5, 0.6) is 0 Å². The van der Waals surface area contributed by atoms with E-state index in [2.05, 4.69) is 4.99 Å². The van der Waals surface area contributed by atoms with E-state index in [1.54, 1.807) is 12.1 Å². The summed E-state index contributed by atoms with van der Waals surface area (Å²) in [5.74, 6) is -2.01. The number of hydrogen-bond donors (Lipinski definition) is 2. The van der Waals surface area contributed by atoms with Crippen molar-refractivity contribution in [2.75, 3.05) is 0 Å². The van der Waals surface area contributed by atoms with Gasteiger partial charge in [-0.25, -0.2) is 4.79 Å². The van der Waals surface area contributed by atoms with Gasteiger partial charge in [0.05, 0.1) is 16.3 Å². The number of para-hydroxylation sites is 1. The summed E-state index contributed by atoms with van der Waals surface area (Å²) in [7, 11) is 0. The van der Waals surface area contributed by atoms with Gasteiger partial charge >= 0.3 is 5.97 Å². The largest absolute Gasteiger partial charge is 0.477 e. The normalized spacial score (nSPS) is 12.3. The highest BCUT2D eigenvalue weighted by atomic mass is 35.5. The van der Waals surface area contributed by atoms with Crippen molar-refractivity contribution in [1.29, 1.82) is 0 Å². The molecule has 0 heterocycles. The molecule has 0 saturated heterocycles. The van der Waals surface area contributed by atoms with Crippen molar-refractivity contribution in [2.24, 2.45) is 10.7 Å². The van der Waals surface area contributed by atoms with Gasteiger partial charge in [-0.3, -0.25) is 9.79 Å². The summed E-state index contributed by atoms with van der Waals surface area (Å²) < 4.78 is 0. The number of nitrogens with two attached hydrogens (primary N) is 1. The topological polar surface area (TPSA) is 92.8 Å². The third kappa shape index (κ3) is 3.58. The van der Waals surface area contributed by atoms with Gasteiger partial charge in [-0.15, -0.1) is 0 Å². The molecule has 1 aromatic carbocycles. The second-order valence-corrected chi connectivity index (χ2v) is 3.89. The number of carboxylic acid groups (broad SMARTS) is 1. The number of benzene rings is 1. The number of hydrogen-bond acceptors (Lipinski definition) is 3. The van der Waals surface area contributed by atoms with Crippen molar-refractivity contribution in [3.05, 3.63) is 39.9 Å². The third-order valence-corrected chi connectivity index (χ3v) is 2.63. The highest BCUT2D eigenvalue weighted by Gasteiger charge is 2.09. The van der Waals surface area contributed by atoms with Crippen molar-refractivity contribution in [2.45, 2.75) is 0 Å². The van der Waals surface area contributed by atoms with Crippen LogP contribution in [0.1, 0.15) is 10.4 Å². The zero-order valence-corrected chi connectivity index (χ0v) is 10.4. The monoisotopic (exact) mass is 286 g/mol. The van der Waals surface area contributed by atoms with E-state index in [9.17, 15) is 9.59 Å². The van der Waals surface area contributed by atoms with Gasteiger partial charge in [-0.2, -0.15) is 0 Å². The molecule has 1 aromatic rings.